The first-order chi connectivity index (χ1) is 9.06. The summed E-state index contributed by atoms with van der Waals surface area (Å²) in [5.41, 5.74) is 2.56. The van der Waals surface area contributed by atoms with Crippen molar-refractivity contribution in [3.05, 3.63) is 52.0 Å². The largest absolute Gasteiger partial charge is 0.506 e. The van der Waals surface area contributed by atoms with Crippen LogP contribution in [0.5, 0.6) is 5.75 Å². The van der Waals surface area contributed by atoms with Gasteiger partial charge >= 0.3 is 0 Å². The highest BCUT2D eigenvalue weighted by Crippen LogP contribution is 2.38. The van der Waals surface area contributed by atoms with Crippen molar-refractivity contribution in [3.63, 3.8) is 0 Å². The van der Waals surface area contributed by atoms with Crippen LogP contribution in [-0.2, 0) is 0 Å². The van der Waals surface area contributed by atoms with E-state index in [2.05, 4.69) is 0 Å². The van der Waals surface area contributed by atoms with Gasteiger partial charge in [0.25, 0.3) is 0 Å². The summed E-state index contributed by atoms with van der Waals surface area (Å²) in [6, 6.07) is 10.9. The summed E-state index contributed by atoms with van der Waals surface area (Å²) >= 11 is 12.0. The number of aryl methyl sites for hydroxylation is 1. The SMILES string of the molecule is Cc1cccc2cc(-c3cc(Cl)c(O)cc3Cl)oc12. The van der Waals surface area contributed by atoms with Gasteiger partial charge in [0.05, 0.1) is 10.0 Å². The van der Waals surface area contributed by atoms with E-state index in [0.717, 1.165) is 16.5 Å². The first-order valence-corrected chi connectivity index (χ1v) is 6.49. The predicted molar refractivity (Wildman–Crippen MR) is 78.1 cm³/mol. The molecule has 0 aliphatic rings. The standard InChI is InChI=1S/C15H10Cl2O2/c1-8-3-2-4-9-5-14(19-15(8)9)10-6-12(17)13(18)7-11(10)16/h2-7,18H,1H3. The average Bonchev–Trinajstić information content (AvgIpc) is 2.79. The second-order valence-electron chi connectivity index (χ2n) is 4.39. The molecule has 1 N–H and O–H groups in total. The third-order valence-corrected chi connectivity index (χ3v) is 3.66. The number of hydrogen-bond acceptors (Lipinski definition) is 2. The summed E-state index contributed by atoms with van der Waals surface area (Å²) in [7, 11) is 0. The third-order valence-electron chi connectivity index (χ3n) is 3.04. The number of hydrogen-bond donors (Lipinski definition) is 1. The van der Waals surface area contributed by atoms with Gasteiger partial charge in [0.2, 0.25) is 0 Å². The van der Waals surface area contributed by atoms with Gasteiger partial charge in [-0.2, -0.15) is 0 Å². The Bertz CT molecular complexity index is 775. The molecule has 3 rings (SSSR count). The highest BCUT2D eigenvalue weighted by atomic mass is 35.5. The molecule has 96 valence electrons. The van der Waals surface area contributed by atoms with Crippen molar-refractivity contribution in [1.29, 1.82) is 0 Å². The molecule has 0 saturated carbocycles. The second kappa shape index (κ2) is 4.48. The first kappa shape index (κ1) is 12.4. The van der Waals surface area contributed by atoms with E-state index in [9.17, 15) is 5.11 Å². The summed E-state index contributed by atoms with van der Waals surface area (Å²) in [6.07, 6.45) is 0. The maximum Gasteiger partial charge on any atom is 0.137 e. The second-order valence-corrected chi connectivity index (χ2v) is 5.20. The minimum atomic E-state index is -0.0392. The molecule has 0 aliphatic carbocycles. The first-order valence-electron chi connectivity index (χ1n) is 5.74. The van der Waals surface area contributed by atoms with E-state index in [1.165, 1.54) is 6.07 Å². The monoisotopic (exact) mass is 292 g/mol. The molecule has 0 bridgehead atoms. The molecule has 4 heteroatoms. The van der Waals surface area contributed by atoms with Crippen LogP contribution >= 0.6 is 23.2 Å². The number of aromatic hydroxyl groups is 1. The van der Waals surface area contributed by atoms with Crippen LogP contribution in [0.25, 0.3) is 22.3 Å². The van der Waals surface area contributed by atoms with E-state index in [-0.39, 0.29) is 10.8 Å². The van der Waals surface area contributed by atoms with Crippen molar-refractivity contribution in [3.8, 4) is 17.1 Å². The fourth-order valence-electron chi connectivity index (χ4n) is 2.07. The van der Waals surface area contributed by atoms with Crippen molar-refractivity contribution < 1.29 is 9.52 Å². The Hall–Kier alpha value is -1.64. The molecule has 2 nitrogen and oxygen atoms in total. The number of furan rings is 1. The molecule has 0 radical (unpaired) electrons. The molecule has 0 saturated heterocycles. The van der Waals surface area contributed by atoms with Crippen molar-refractivity contribution >= 4 is 34.2 Å². The average molecular weight is 293 g/mol. The van der Waals surface area contributed by atoms with E-state index in [4.69, 9.17) is 27.6 Å². The number of phenols is 1. The zero-order valence-electron chi connectivity index (χ0n) is 10.1. The lowest BCUT2D eigenvalue weighted by Crippen LogP contribution is -1.78. The van der Waals surface area contributed by atoms with Crippen LogP contribution in [0.4, 0.5) is 0 Å². The molecule has 3 aromatic rings. The normalized spacial score (nSPS) is 11.1. The van der Waals surface area contributed by atoms with E-state index < -0.39 is 0 Å². The van der Waals surface area contributed by atoms with Gasteiger partial charge in [0.1, 0.15) is 17.1 Å². The summed E-state index contributed by atoms with van der Waals surface area (Å²) in [5.74, 6) is 0.596. The maximum atomic E-state index is 9.51. The lowest BCUT2D eigenvalue weighted by molar-refractivity contribution is 0.475. The number of halogens is 2. The van der Waals surface area contributed by atoms with Crippen molar-refractivity contribution in [2.75, 3.05) is 0 Å². The molecular formula is C15H10Cl2O2. The fourth-order valence-corrected chi connectivity index (χ4v) is 2.48. The highest BCUT2D eigenvalue weighted by Gasteiger charge is 2.13. The topological polar surface area (TPSA) is 33.4 Å². The molecule has 0 atom stereocenters. The third kappa shape index (κ3) is 2.07. The van der Waals surface area contributed by atoms with Crippen LogP contribution in [0.1, 0.15) is 5.56 Å². The minimum absolute atomic E-state index is 0.0392. The van der Waals surface area contributed by atoms with Gasteiger partial charge in [0.15, 0.2) is 0 Å². The Morgan fingerprint density at radius 3 is 2.58 bits per heavy atom. The van der Waals surface area contributed by atoms with Gasteiger partial charge in [-0.3, -0.25) is 0 Å². The smallest absolute Gasteiger partial charge is 0.137 e. The number of benzene rings is 2. The van der Waals surface area contributed by atoms with Crippen LogP contribution in [0, 0.1) is 6.92 Å². The van der Waals surface area contributed by atoms with Crippen LogP contribution in [0.3, 0.4) is 0 Å². The Morgan fingerprint density at radius 2 is 1.84 bits per heavy atom. The van der Waals surface area contributed by atoms with Crippen LogP contribution in [0.2, 0.25) is 10.0 Å². The number of fused-ring (bicyclic) bond motifs is 1. The minimum Gasteiger partial charge on any atom is -0.506 e. The molecule has 0 spiro atoms. The lowest BCUT2D eigenvalue weighted by Gasteiger charge is -2.03. The number of phenolic OH excluding ortho intramolecular Hbond substituents is 1. The highest BCUT2D eigenvalue weighted by molar-refractivity contribution is 6.36. The van der Waals surface area contributed by atoms with E-state index in [1.807, 2.05) is 31.2 Å². The number of rotatable bonds is 1. The molecule has 0 fully saturated rings. The molecule has 0 amide bonds. The quantitative estimate of drug-likeness (QED) is 0.649. The molecule has 1 aromatic heterocycles. The molecule has 1 heterocycles. The van der Waals surface area contributed by atoms with Gasteiger partial charge in [-0.1, -0.05) is 41.4 Å². The van der Waals surface area contributed by atoms with E-state index in [0.29, 0.717) is 16.3 Å². The van der Waals surface area contributed by atoms with Crippen molar-refractivity contribution in [2.24, 2.45) is 0 Å². The van der Waals surface area contributed by atoms with Crippen LogP contribution in [-0.4, -0.2) is 5.11 Å². The zero-order chi connectivity index (χ0) is 13.6. The Labute approximate surface area is 120 Å². The Kier molecular flexibility index (Phi) is 2.92. The summed E-state index contributed by atoms with van der Waals surface area (Å²) < 4.78 is 5.84. The molecule has 0 aliphatic heterocycles. The predicted octanol–water partition coefficient (Wildman–Crippen LogP) is 5.42. The van der Waals surface area contributed by atoms with Crippen molar-refractivity contribution in [2.45, 2.75) is 6.92 Å². The summed E-state index contributed by atoms with van der Waals surface area (Å²) in [6.45, 7) is 1.99. The Morgan fingerprint density at radius 1 is 1.05 bits per heavy atom. The summed E-state index contributed by atoms with van der Waals surface area (Å²) in [5, 5.41) is 11.2. The Balaban J connectivity index is 2.25. The van der Waals surface area contributed by atoms with Gasteiger partial charge in [-0.25, -0.2) is 0 Å². The fraction of sp³-hybridized carbons (Fsp3) is 0.0667. The lowest BCUT2D eigenvalue weighted by atomic mass is 10.1. The summed E-state index contributed by atoms with van der Waals surface area (Å²) in [4.78, 5) is 0. The van der Waals surface area contributed by atoms with Crippen molar-refractivity contribution in [1.82, 2.24) is 0 Å². The van der Waals surface area contributed by atoms with Crippen LogP contribution in [0.15, 0.2) is 40.8 Å². The van der Waals surface area contributed by atoms with Gasteiger partial charge < -0.3 is 9.52 Å². The molecule has 0 unspecified atom stereocenters. The van der Waals surface area contributed by atoms with Crippen LogP contribution < -0.4 is 0 Å². The maximum absolute atomic E-state index is 9.51. The van der Waals surface area contributed by atoms with E-state index in [1.54, 1.807) is 6.07 Å². The molecule has 2 aromatic carbocycles. The molecular weight excluding hydrogens is 283 g/mol. The number of para-hydroxylation sites is 1. The van der Waals surface area contributed by atoms with Gasteiger partial charge in [-0.05, 0) is 24.6 Å². The van der Waals surface area contributed by atoms with E-state index >= 15 is 0 Å². The van der Waals surface area contributed by atoms with Gasteiger partial charge in [-0.15, -0.1) is 0 Å². The zero-order valence-corrected chi connectivity index (χ0v) is 11.6. The van der Waals surface area contributed by atoms with Gasteiger partial charge in [0, 0.05) is 17.0 Å². The molecule has 19 heavy (non-hydrogen) atoms.